The third kappa shape index (κ3) is 3.29. The summed E-state index contributed by atoms with van der Waals surface area (Å²) < 4.78 is 2.23. The van der Waals surface area contributed by atoms with E-state index < -0.39 is 0 Å². The van der Waals surface area contributed by atoms with Crippen LogP contribution < -0.4 is 0 Å². The van der Waals surface area contributed by atoms with E-state index in [2.05, 4.69) is 76.3 Å². The van der Waals surface area contributed by atoms with Gasteiger partial charge in [-0.05, 0) is 36.0 Å². The zero-order valence-electron chi connectivity index (χ0n) is 16.5. The molecule has 0 spiro atoms. The Balaban J connectivity index is 1.79. The fraction of sp³-hybridized carbons (Fsp3) is 0.154. The number of fused-ring (bicyclic) bond motifs is 1. The lowest BCUT2D eigenvalue weighted by Gasteiger charge is -2.18. The molecule has 0 saturated heterocycles. The molecule has 142 valence electrons. The number of aromatic nitrogens is 3. The molecule has 0 radical (unpaired) electrons. The number of benzene rings is 3. The molecule has 3 nitrogen and oxygen atoms in total. The molecule has 1 unspecified atom stereocenters. The summed E-state index contributed by atoms with van der Waals surface area (Å²) in [5.74, 6) is 2.35. The van der Waals surface area contributed by atoms with Crippen LogP contribution in [0.5, 0.6) is 0 Å². The monoisotopic (exact) mass is 377 g/mol. The Morgan fingerprint density at radius 1 is 0.759 bits per heavy atom. The van der Waals surface area contributed by atoms with Crippen LogP contribution in [0.1, 0.15) is 24.5 Å². The van der Waals surface area contributed by atoms with Gasteiger partial charge in [0.15, 0.2) is 11.6 Å². The minimum Gasteiger partial charge on any atom is -0.275 e. The van der Waals surface area contributed by atoms with Crippen molar-refractivity contribution >= 4 is 6.08 Å². The summed E-state index contributed by atoms with van der Waals surface area (Å²) in [6.45, 7) is 2.32. The van der Waals surface area contributed by atoms with Crippen molar-refractivity contribution in [3.05, 3.63) is 96.1 Å². The van der Waals surface area contributed by atoms with E-state index in [1.165, 1.54) is 16.8 Å². The Morgan fingerprint density at radius 2 is 1.38 bits per heavy atom. The molecule has 29 heavy (non-hydrogen) atoms. The van der Waals surface area contributed by atoms with Crippen LogP contribution in [0.4, 0.5) is 0 Å². The van der Waals surface area contributed by atoms with Crippen LogP contribution in [-0.4, -0.2) is 14.8 Å². The number of hydrogen-bond donors (Lipinski definition) is 0. The SMILES string of the molecule is CC1CC=Cc2cccc(-n3c(-c4ccccc4)nnc3-c3ccccc3)c2C1. The van der Waals surface area contributed by atoms with Gasteiger partial charge in [0, 0.05) is 11.1 Å². The third-order valence-corrected chi connectivity index (χ3v) is 5.54. The highest BCUT2D eigenvalue weighted by atomic mass is 15.3. The van der Waals surface area contributed by atoms with E-state index in [0.717, 1.165) is 35.6 Å². The fourth-order valence-corrected chi connectivity index (χ4v) is 4.10. The summed E-state index contributed by atoms with van der Waals surface area (Å²) in [5, 5.41) is 9.25. The zero-order chi connectivity index (χ0) is 19.6. The van der Waals surface area contributed by atoms with Crippen LogP contribution >= 0.6 is 0 Å². The summed E-state index contributed by atoms with van der Waals surface area (Å²) in [5.41, 5.74) is 5.96. The Kier molecular flexibility index (Phi) is 4.57. The Morgan fingerprint density at radius 3 is 2.00 bits per heavy atom. The second kappa shape index (κ2) is 7.51. The lowest BCUT2D eigenvalue weighted by Crippen LogP contribution is -2.08. The lowest BCUT2D eigenvalue weighted by atomic mass is 9.96. The molecule has 1 aromatic heterocycles. The van der Waals surface area contributed by atoms with Gasteiger partial charge in [-0.25, -0.2) is 0 Å². The zero-order valence-corrected chi connectivity index (χ0v) is 16.5. The maximum Gasteiger partial charge on any atom is 0.168 e. The van der Waals surface area contributed by atoms with Crippen molar-refractivity contribution in [2.75, 3.05) is 0 Å². The first-order valence-corrected chi connectivity index (χ1v) is 10.2. The molecular formula is C26H23N3. The topological polar surface area (TPSA) is 30.7 Å². The van der Waals surface area contributed by atoms with Gasteiger partial charge in [-0.3, -0.25) is 4.57 Å². The maximum absolute atomic E-state index is 4.63. The van der Waals surface area contributed by atoms with Crippen molar-refractivity contribution in [1.82, 2.24) is 14.8 Å². The van der Waals surface area contributed by atoms with E-state index in [0.29, 0.717) is 5.92 Å². The van der Waals surface area contributed by atoms with Crippen LogP contribution in [0.25, 0.3) is 34.5 Å². The summed E-state index contributed by atoms with van der Waals surface area (Å²) in [4.78, 5) is 0. The summed E-state index contributed by atoms with van der Waals surface area (Å²) in [7, 11) is 0. The maximum atomic E-state index is 4.63. The average molecular weight is 377 g/mol. The molecule has 3 heteroatoms. The molecule has 1 aliphatic rings. The van der Waals surface area contributed by atoms with Crippen molar-refractivity contribution in [1.29, 1.82) is 0 Å². The molecule has 1 aliphatic carbocycles. The molecule has 4 aromatic rings. The molecule has 3 aromatic carbocycles. The lowest BCUT2D eigenvalue weighted by molar-refractivity contribution is 0.592. The first kappa shape index (κ1) is 17.6. The quantitative estimate of drug-likeness (QED) is 0.426. The van der Waals surface area contributed by atoms with Gasteiger partial charge in [-0.15, -0.1) is 10.2 Å². The van der Waals surface area contributed by atoms with Gasteiger partial charge < -0.3 is 0 Å². The molecule has 1 atom stereocenters. The third-order valence-electron chi connectivity index (χ3n) is 5.54. The van der Waals surface area contributed by atoms with Gasteiger partial charge in [-0.1, -0.05) is 91.9 Å². The molecule has 0 saturated carbocycles. The highest BCUT2D eigenvalue weighted by Gasteiger charge is 2.21. The predicted molar refractivity (Wildman–Crippen MR) is 119 cm³/mol. The summed E-state index contributed by atoms with van der Waals surface area (Å²) in [6, 6.07) is 27.2. The first-order valence-electron chi connectivity index (χ1n) is 10.2. The second-order valence-corrected chi connectivity index (χ2v) is 7.71. The Hall–Kier alpha value is -3.46. The van der Waals surface area contributed by atoms with Gasteiger partial charge in [0.2, 0.25) is 0 Å². The van der Waals surface area contributed by atoms with E-state index in [4.69, 9.17) is 0 Å². The molecule has 0 amide bonds. The standard InChI is InChI=1S/C26H23N3/c1-19-10-8-15-20-16-9-17-24(23(20)18-19)29-25(21-11-4-2-5-12-21)27-28-26(29)22-13-6-3-7-14-22/h2-9,11-17,19H,10,18H2,1H3. The molecule has 0 aliphatic heterocycles. The predicted octanol–water partition coefficient (Wildman–Crippen LogP) is 6.20. The van der Waals surface area contributed by atoms with E-state index in [1.54, 1.807) is 0 Å². The smallest absolute Gasteiger partial charge is 0.168 e. The molecule has 5 rings (SSSR count). The Labute approximate surface area is 171 Å². The van der Waals surface area contributed by atoms with Crippen LogP contribution in [0.3, 0.4) is 0 Å². The normalized spacial score (nSPS) is 15.7. The van der Waals surface area contributed by atoms with Gasteiger partial charge in [0.25, 0.3) is 0 Å². The average Bonchev–Trinajstić information content (AvgIpc) is 3.11. The van der Waals surface area contributed by atoms with Crippen LogP contribution in [0.15, 0.2) is 84.9 Å². The van der Waals surface area contributed by atoms with Crippen molar-refractivity contribution in [2.24, 2.45) is 5.92 Å². The van der Waals surface area contributed by atoms with Gasteiger partial charge in [0.1, 0.15) is 0 Å². The largest absolute Gasteiger partial charge is 0.275 e. The van der Waals surface area contributed by atoms with Crippen molar-refractivity contribution in [3.8, 4) is 28.5 Å². The van der Waals surface area contributed by atoms with Crippen LogP contribution in [0.2, 0.25) is 0 Å². The fourth-order valence-electron chi connectivity index (χ4n) is 4.10. The van der Waals surface area contributed by atoms with Crippen molar-refractivity contribution < 1.29 is 0 Å². The summed E-state index contributed by atoms with van der Waals surface area (Å²) >= 11 is 0. The number of allylic oxidation sites excluding steroid dienone is 1. The number of rotatable bonds is 3. The summed E-state index contributed by atoms with van der Waals surface area (Å²) in [6.07, 6.45) is 6.70. The number of nitrogens with zero attached hydrogens (tertiary/aromatic N) is 3. The highest BCUT2D eigenvalue weighted by Crippen LogP contribution is 2.34. The van der Waals surface area contributed by atoms with Gasteiger partial charge >= 0.3 is 0 Å². The van der Waals surface area contributed by atoms with Crippen LogP contribution in [0, 0.1) is 5.92 Å². The van der Waals surface area contributed by atoms with Gasteiger partial charge in [-0.2, -0.15) is 0 Å². The van der Waals surface area contributed by atoms with E-state index >= 15 is 0 Å². The van der Waals surface area contributed by atoms with E-state index in [1.807, 2.05) is 36.4 Å². The van der Waals surface area contributed by atoms with Crippen molar-refractivity contribution in [2.45, 2.75) is 19.8 Å². The molecular weight excluding hydrogens is 354 g/mol. The van der Waals surface area contributed by atoms with Crippen LogP contribution in [-0.2, 0) is 6.42 Å². The molecule has 0 N–H and O–H groups in total. The minimum atomic E-state index is 0.602. The van der Waals surface area contributed by atoms with E-state index in [-0.39, 0.29) is 0 Å². The second-order valence-electron chi connectivity index (χ2n) is 7.71. The van der Waals surface area contributed by atoms with E-state index in [9.17, 15) is 0 Å². The molecule has 1 heterocycles. The number of hydrogen-bond acceptors (Lipinski definition) is 2. The first-order chi connectivity index (χ1) is 14.3. The van der Waals surface area contributed by atoms with Gasteiger partial charge in [0.05, 0.1) is 5.69 Å². The molecule has 0 bridgehead atoms. The minimum absolute atomic E-state index is 0.602. The molecule has 0 fully saturated rings. The highest BCUT2D eigenvalue weighted by molar-refractivity contribution is 5.70. The Bertz CT molecular complexity index is 1100. The van der Waals surface area contributed by atoms with Crippen molar-refractivity contribution in [3.63, 3.8) is 0 Å².